The van der Waals surface area contributed by atoms with Gasteiger partial charge in [-0.05, 0) is 24.8 Å². The van der Waals surface area contributed by atoms with Crippen LogP contribution in [0.5, 0.6) is 0 Å². The SMILES string of the molecule is CN(CC1CCC1)c1cc(C(=O)O)c([N+](=O)[O-])cc1F. The highest BCUT2D eigenvalue weighted by molar-refractivity contribution is 5.93. The first-order valence-corrected chi connectivity index (χ1v) is 6.32. The van der Waals surface area contributed by atoms with Crippen LogP contribution in [0.1, 0.15) is 29.6 Å². The fraction of sp³-hybridized carbons (Fsp3) is 0.462. The first-order valence-electron chi connectivity index (χ1n) is 6.32. The number of nitrogens with zero attached hydrogens (tertiary/aromatic N) is 2. The monoisotopic (exact) mass is 282 g/mol. The van der Waals surface area contributed by atoms with E-state index in [1.54, 1.807) is 11.9 Å². The van der Waals surface area contributed by atoms with Gasteiger partial charge in [-0.3, -0.25) is 10.1 Å². The predicted octanol–water partition coefficient (Wildman–Crippen LogP) is 2.67. The lowest BCUT2D eigenvalue weighted by Crippen LogP contribution is -2.30. The summed E-state index contributed by atoms with van der Waals surface area (Å²) in [6.45, 7) is 0.619. The molecule has 1 aliphatic rings. The van der Waals surface area contributed by atoms with Crippen molar-refractivity contribution in [2.24, 2.45) is 5.92 Å². The smallest absolute Gasteiger partial charge is 0.342 e. The Labute approximate surface area is 115 Å². The van der Waals surface area contributed by atoms with Gasteiger partial charge in [-0.25, -0.2) is 9.18 Å². The number of halogens is 1. The highest BCUT2D eigenvalue weighted by Gasteiger charge is 2.26. The maximum atomic E-state index is 13.9. The molecule has 0 bridgehead atoms. The van der Waals surface area contributed by atoms with Crippen LogP contribution < -0.4 is 4.90 Å². The summed E-state index contributed by atoms with van der Waals surface area (Å²) in [6, 6.07) is 1.71. The zero-order valence-corrected chi connectivity index (χ0v) is 11.0. The molecular formula is C13H15FN2O4. The molecule has 0 atom stereocenters. The minimum absolute atomic E-state index is 0.0832. The lowest BCUT2D eigenvalue weighted by Gasteiger charge is -2.31. The van der Waals surface area contributed by atoms with Gasteiger partial charge < -0.3 is 10.0 Å². The van der Waals surface area contributed by atoms with E-state index >= 15 is 0 Å². The van der Waals surface area contributed by atoms with Crippen molar-refractivity contribution in [2.75, 3.05) is 18.5 Å². The number of anilines is 1. The van der Waals surface area contributed by atoms with Crippen molar-refractivity contribution in [2.45, 2.75) is 19.3 Å². The number of rotatable bonds is 5. The van der Waals surface area contributed by atoms with Gasteiger partial charge in [0.15, 0.2) is 5.82 Å². The molecule has 0 spiro atoms. The maximum absolute atomic E-state index is 13.9. The first-order chi connectivity index (χ1) is 9.40. The van der Waals surface area contributed by atoms with Gasteiger partial charge >= 0.3 is 5.97 Å². The minimum Gasteiger partial charge on any atom is -0.477 e. The Bertz CT molecular complexity index is 558. The van der Waals surface area contributed by atoms with Crippen molar-refractivity contribution in [1.29, 1.82) is 0 Å². The van der Waals surface area contributed by atoms with Crippen LogP contribution in [0, 0.1) is 21.8 Å². The molecule has 20 heavy (non-hydrogen) atoms. The average molecular weight is 282 g/mol. The molecule has 0 aliphatic heterocycles. The Hall–Kier alpha value is -2.18. The Balaban J connectivity index is 2.35. The number of carboxylic acids is 1. The van der Waals surface area contributed by atoms with Crippen LogP contribution in [0.25, 0.3) is 0 Å². The molecule has 0 radical (unpaired) electrons. The van der Waals surface area contributed by atoms with Crippen molar-refractivity contribution in [1.82, 2.24) is 0 Å². The van der Waals surface area contributed by atoms with Crippen molar-refractivity contribution in [3.63, 3.8) is 0 Å². The van der Waals surface area contributed by atoms with Crippen LogP contribution in [0.4, 0.5) is 15.8 Å². The molecule has 2 rings (SSSR count). The normalized spacial score (nSPS) is 14.7. The van der Waals surface area contributed by atoms with Gasteiger partial charge in [0.25, 0.3) is 5.69 Å². The van der Waals surface area contributed by atoms with Gasteiger partial charge in [0, 0.05) is 13.6 Å². The molecule has 0 unspecified atom stereocenters. The minimum atomic E-state index is -1.44. The van der Waals surface area contributed by atoms with Crippen molar-refractivity contribution in [3.05, 3.63) is 33.6 Å². The van der Waals surface area contributed by atoms with E-state index in [0.717, 1.165) is 25.3 Å². The highest BCUT2D eigenvalue weighted by atomic mass is 19.1. The van der Waals surface area contributed by atoms with E-state index in [-0.39, 0.29) is 5.69 Å². The van der Waals surface area contributed by atoms with Crippen LogP contribution in [-0.2, 0) is 0 Å². The number of benzene rings is 1. The molecule has 1 saturated carbocycles. The van der Waals surface area contributed by atoms with Gasteiger partial charge in [0.2, 0.25) is 0 Å². The van der Waals surface area contributed by atoms with Crippen molar-refractivity contribution in [3.8, 4) is 0 Å². The second-order valence-corrected chi connectivity index (χ2v) is 5.06. The Kier molecular flexibility index (Phi) is 3.87. The molecule has 1 aromatic carbocycles. The van der Waals surface area contributed by atoms with E-state index in [4.69, 9.17) is 5.11 Å². The Morgan fingerprint density at radius 2 is 2.20 bits per heavy atom. The molecule has 108 valence electrons. The quantitative estimate of drug-likeness (QED) is 0.663. The predicted molar refractivity (Wildman–Crippen MR) is 70.6 cm³/mol. The number of aromatic carboxylic acids is 1. The van der Waals surface area contributed by atoms with Gasteiger partial charge in [0.1, 0.15) is 5.56 Å². The van der Waals surface area contributed by atoms with Gasteiger partial charge in [-0.2, -0.15) is 0 Å². The summed E-state index contributed by atoms with van der Waals surface area (Å²) in [4.78, 5) is 22.5. The number of hydrogen-bond donors (Lipinski definition) is 1. The summed E-state index contributed by atoms with van der Waals surface area (Å²) >= 11 is 0. The van der Waals surface area contributed by atoms with E-state index in [1.807, 2.05) is 0 Å². The standard InChI is InChI=1S/C13H15FN2O4/c1-15(7-8-3-2-4-8)12-5-9(13(17)18)11(16(19)20)6-10(12)14/h5-6,8H,2-4,7H2,1H3,(H,17,18). The average Bonchev–Trinajstić information content (AvgIpc) is 2.32. The number of carboxylic acid groups (broad SMARTS) is 1. The van der Waals surface area contributed by atoms with Gasteiger partial charge in [-0.15, -0.1) is 0 Å². The molecule has 1 fully saturated rings. The first kappa shape index (κ1) is 14.2. The summed E-state index contributed by atoms with van der Waals surface area (Å²) in [5, 5.41) is 19.8. The van der Waals surface area contributed by atoms with Crippen LogP contribution in [0.3, 0.4) is 0 Å². The summed E-state index contributed by atoms with van der Waals surface area (Å²) in [6.07, 6.45) is 3.30. The molecule has 1 aliphatic carbocycles. The largest absolute Gasteiger partial charge is 0.477 e. The summed E-state index contributed by atoms with van der Waals surface area (Å²) in [7, 11) is 1.66. The maximum Gasteiger partial charge on any atom is 0.342 e. The molecule has 7 heteroatoms. The Morgan fingerprint density at radius 1 is 1.55 bits per heavy atom. The zero-order valence-electron chi connectivity index (χ0n) is 11.0. The lowest BCUT2D eigenvalue weighted by atomic mass is 9.85. The highest BCUT2D eigenvalue weighted by Crippen LogP contribution is 2.32. The topological polar surface area (TPSA) is 83.7 Å². The van der Waals surface area contributed by atoms with Crippen LogP contribution in [-0.4, -0.2) is 29.6 Å². The molecule has 0 aromatic heterocycles. The Morgan fingerprint density at radius 3 is 2.65 bits per heavy atom. The van der Waals surface area contributed by atoms with E-state index in [2.05, 4.69) is 0 Å². The van der Waals surface area contributed by atoms with E-state index in [1.165, 1.54) is 0 Å². The van der Waals surface area contributed by atoms with Gasteiger partial charge in [-0.1, -0.05) is 6.42 Å². The van der Waals surface area contributed by atoms with Crippen LogP contribution in [0.15, 0.2) is 12.1 Å². The number of nitro groups is 1. The fourth-order valence-corrected chi connectivity index (χ4v) is 2.33. The second kappa shape index (κ2) is 5.44. The number of carbonyl (C=O) groups is 1. The van der Waals surface area contributed by atoms with E-state index in [9.17, 15) is 19.3 Å². The zero-order chi connectivity index (χ0) is 14.9. The molecule has 1 N–H and O–H groups in total. The summed E-state index contributed by atoms with van der Waals surface area (Å²) in [5.41, 5.74) is -1.14. The third kappa shape index (κ3) is 2.71. The second-order valence-electron chi connectivity index (χ2n) is 5.06. The molecule has 6 nitrogen and oxygen atoms in total. The molecule has 0 heterocycles. The summed E-state index contributed by atoms with van der Waals surface area (Å²) < 4.78 is 13.9. The van der Waals surface area contributed by atoms with Gasteiger partial charge in [0.05, 0.1) is 16.7 Å². The lowest BCUT2D eigenvalue weighted by molar-refractivity contribution is -0.385. The number of hydrogen-bond acceptors (Lipinski definition) is 4. The fourth-order valence-electron chi connectivity index (χ4n) is 2.33. The van der Waals surface area contributed by atoms with Crippen molar-refractivity contribution >= 4 is 17.3 Å². The van der Waals surface area contributed by atoms with Crippen LogP contribution in [0.2, 0.25) is 0 Å². The third-order valence-electron chi connectivity index (χ3n) is 3.66. The summed E-state index contributed by atoms with van der Waals surface area (Å²) in [5.74, 6) is -1.73. The number of nitro benzene ring substituents is 1. The van der Waals surface area contributed by atoms with E-state index in [0.29, 0.717) is 18.5 Å². The molecular weight excluding hydrogens is 267 g/mol. The molecule has 0 saturated heterocycles. The van der Waals surface area contributed by atoms with Crippen LogP contribution >= 0.6 is 0 Å². The third-order valence-corrected chi connectivity index (χ3v) is 3.66. The van der Waals surface area contributed by atoms with E-state index < -0.39 is 28.0 Å². The molecule has 1 aromatic rings. The van der Waals surface area contributed by atoms with Crippen molar-refractivity contribution < 1.29 is 19.2 Å². The molecule has 0 amide bonds.